The molecular formula is C14H20ClN3O. The first-order chi connectivity index (χ1) is 9.19. The molecule has 0 bridgehead atoms. The number of benzene rings is 1. The Balaban J connectivity index is 1.84. The number of hydrogen-bond donors (Lipinski definition) is 1. The van der Waals surface area contributed by atoms with Gasteiger partial charge in [0, 0.05) is 36.9 Å². The van der Waals surface area contributed by atoms with Crippen LogP contribution in [0.1, 0.15) is 13.3 Å². The normalized spacial score (nSPS) is 16.4. The minimum atomic E-state index is -0.0431. The third-order valence-corrected chi connectivity index (χ3v) is 3.51. The van der Waals surface area contributed by atoms with Crippen molar-refractivity contribution in [3.8, 4) is 0 Å². The molecule has 1 N–H and O–H groups in total. The lowest BCUT2D eigenvalue weighted by Crippen LogP contribution is -2.50. The Morgan fingerprint density at radius 3 is 2.68 bits per heavy atom. The van der Waals surface area contributed by atoms with Gasteiger partial charge in [0.2, 0.25) is 0 Å². The summed E-state index contributed by atoms with van der Waals surface area (Å²) >= 11 is 5.90. The summed E-state index contributed by atoms with van der Waals surface area (Å²) in [6.45, 7) is 6.77. The highest BCUT2D eigenvalue weighted by atomic mass is 35.5. The second-order valence-electron chi connectivity index (χ2n) is 4.77. The molecule has 0 saturated carbocycles. The monoisotopic (exact) mass is 281 g/mol. The number of halogens is 1. The number of urea groups is 1. The number of hydrogen-bond acceptors (Lipinski definition) is 2. The van der Waals surface area contributed by atoms with Gasteiger partial charge in [0.1, 0.15) is 0 Å². The summed E-state index contributed by atoms with van der Waals surface area (Å²) in [4.78, 5) is 16.3. The van der Waals surface area contributed by atoms with Crippen molar-refractivity contribution in [2.24, 2.45) is 0 Å². The fourth-order valence-electron chi connectivity index (χ4n) is 2.26. The average molecular weight is 282 g/mol. The standard InChI is InChI=1S/C14H20ClN3O/c1-2-6-17-7-9-18(10-8-17)14(19)16-13-5-3-4-12(15)11-13/h3-5,11H,2,6-10H2,1H3,(H,16,19). The summed E-state index contributed by atoms with van der Waals surface area (Å²) in [5, 5.41) is 3.51. The number of anilines is 1. The highest BCUT2D eigenvalue weighted by Crippen LogP contribution is 2.15. The first-order valence-corrected chi connectivity index (χ1v) is 7.10. The molecule has 19 heavy (non-hydrogen) atoms. The molecule has 0 aromatic heterocycles. The fourth-order valence-corrected chi connectivity index (χ4v) is 2.45. The summed E-state index contributed by atoms with van der Waals surface area (Å²) in [6, 6.07) is 7.18. The highest BCUT2D eigenvalue weighted by Gasteiger charge is 2.20. The van der Waals surface area contributed by atoms with E-state index in [1.54, 1.807) is 12.1 Å². The molecule has 0 aliphatic carbocycles. The predicted molar refractivity (Wildman–Crippen MR) is 78.8 cm³/mol. The largest absolute Gasteiger partial charge is 0.322 e. The highest BCUT2D eigenvalue weighted by molar-refractivity contribution is 6.30. The molecule has 1 aliphatic heterocycles. The van der Waals surface area contributed by atoms with E-state index in [2.05, 4.69) is 17.1 Å². The quantitative estimate of drug-likeness (QED) is 0.925. The number of carbonyl (C=O) groups excluding carboxylic acids is 1. The van der Waals surface area contributed by atoms with Crippen LogP contribution >= 0.6 is 11.6 Å². The molecule has 1 aromatic rings. The smallest absolute Gasteiger partial charge is 0.321 e. The van der Waals surface area contributed by atoms with E-state index in [0.29, 0.717) is 5.02 Å². The first kappa shape index (κ1) is 14.2. The molecule has 1 fully saturated rings. The Morgan fingerprint density at radius 2 is 2.05 bits per heavy atom. The molecule has 0 atom stereocenters. The molecule has 0 radical (unpaired) electrons. The minimum absolute atomic E-state index is 0.0431. The maximum Gasteiger partial charge on any atom is 0.321 e. The van der Waals surface area contributed by atoms with Crippen LogP contribution in [0.5, 0.6) is 0 Å². The second-order valence-corrected chi connectivity index (χ2v) is 5.21. The van der Waals surface area contributed by atoms with Crippen molar-refractivity contribution in [3.63, 3.8) is 0 Å². The van der Waals surface area contributed by atoms with Crippen molar-refractivity contribution in [3.05, 3.63) is 29.3 Å². The van der Waals surface area contributed by atoms with Crippen molar-refractivity contribution in [1.29, 1.82) is 0 Å². The van der Waals surface area contributed by atoms with Crippen molar-refractivity contribution in [1.82, 2.24) is 9.80 Å². The molecule has 1 saturated heterocycles. The zero-order chi connectivity index (χ0) is 13.7. The van der Waals surface area contributed by atoms with Crippen LogP contribution in [-0.4, -0.2) is 48.6 Å². The van der Waals surface area contributed by atoms with E-state index in [0.717, 1.165) is 44.8 Å². The van der Waals surface area contributed by atoms with E-state index in [1.165, 1.54) is 0 Å². The van der Waals surface area contributed by atoms with E-state index >= 15 is 0 Å². The van der Waals surface area contributed by atoms with Crippen molar-refractivity contribution >= 4 is 23.3 Å². The lowest BCUT2D eigenvalue weighted by atomic mass is 10.3. The maximum atomic E-state index is 12.1. The van der Waals surface area contributed by atoms with Gasteiger partial charge >= 0.3 is 6.03 Å². The zero-order valence-corrected chi connectivity index (χ0v) is 12.0. The summed E-state index contributed by atoms with van der Waals surface area (Å²) in [6.07, 6.45) is 1.16. The molecule has 1 aliphatic rings. The zero-order valence-electron chi connectivity index (χ0n) is 11.2. The van der Waals surface area contributed by atoms with Crippen LogP contribution in [0.3, 0.4) is 0 Å². The van der Waals surface area contributed by atoms with Gasteiger partial charge in [0.15, 0.2) is 0 Å². The molecule has 5 heteroatoms. The molecule has 2 amide bonds. The van der Waals surface area contributed by atoms with Gasteiger partial charge in [-0.25, -0.2) is 4.79 Å². The van der Waals surface area contributed by atoms with Crippen LogP contribution in [0.4, 0.5) is 10.5 Å². The summed E-state index contributed by atoms with van der Waals surface area (Å²) in [5.74, 6) is 0. The van der Waals surface area contributed by atoms with Crippen LogP contribution in [0, 0.1) is 0 Å². The number of carbonyl (C=O) groups is 1. The van der Waals surface area contributed by atoms with Crippen LogP contribution in [0.2, 0.25) is 5.02 Å². The predicted octanol–water partition coefficient (Wildman–Crippen LogP) is 2.90. The van der Waals surface area contributed by atoms with E-state index in [-0.39, 0.29) is 6.03 Å². The lowest BCUT2D eigenvalue weighted by Gasteiger charge is -2.34. The van der Waals surface area contributed by atoms with Gasteiger partial charge in [-0.1, -0.05) is 24.6 Å². The molecule has 0 spiro atoms. The van der Waals surface area contributed by atoms with Crippen LogP contribution in [-0.2, 0) is 0 Å². The van der Waals surface area contributed by atoms with E-state index in [4.69, 9.17) is 11.6 Å². The molecule has 1 heterocycles. The van der Waals surface area contributed by atoms with Gasteiger partial charge in [-0.2, -0.15) is 0 Å². The van der Waals surface area contributed by atoms with Crippen molar-refractivity contribution in [2.45, 2.75) is 13.3 Å². The van der Waals surface area contributed by atoms with E-state index < -0.39 is 0 Å². The number of nitrogens with one attached hydrogen (secondary N) is 1. The van der Waals surface area contributed by atoms with Gasteiger partial charge in [0.05, 0.1) is 0 Å². The van der Waals surface area contributed by atoms with Crippen molar-refractivity contribution in [2.75, 3.05) is 38.0 Å². The molecule has 2 rings (SSSR count). The molecule has 4 nitrogen and oxygen atoms in total. The average Bonchev–Trinajstić information content (AvgIpc) is 2.40. The van der Waals surface area contributed by atoms with Crippen LogP contribution in [0.15, 0.2) is 24.3 Å². The number of nitrogens with zero attached hydrogens (tertiary/aromatic N) is 2. The Labute approximate surface area is 119 Å². The topological polar surface area (TPSA) is 35.6 Å². The SMILES string of the molecule is CCCN1CCN(C(=O)Nc2cccc(Cl)c2)CC1. The van der Waals surface area contributed by atoms with Gasteiger partial charge in [-0.3, -0.25) is 4.90 Å². The summed E-state index contributed by atoms with van der Waals surface area (Å²) in [7, 11) is 0. The Bertz CT molecular complexity index is 430. The van der Waals surface area contributed by atoms with Crippen LogP contribution < -0.4 is 5.32 Å². The molecule has 104 valence electrons. The Morgan fingerprint density at radius 1 is 1.32 bits per heavy atom. The van der Waals surface area contributed by atoms with E-state index in [1.807, 2.05) is 17.0 Å². The number of piperazine rings is 1. The van der Waals surface area contributed by atoms with Gasteiger partial charge in [0.25, 0.3) is 0 Å². The second kappa shape index (κ2) is 6.78. The number of amides is 2. The minimum Gasteiger partial charge on any atom is -0.322 e. The van der Waals surface area contributed by atoms with Gasteiger partial charge in [-0.15, -0.1) is 0 Å². The molecule has 0 unspecified atom stereocenters. The third kappa shape index (κ3) is 4.11. The van der Waals surface area contributed by atoms with Crippen molar-refractivity contribution < 1.29 is 4.79 Å². The van der Waals surface area contributed by atoms with Crippen LogP contribution in [0.25, 0.3) is 0 Å². The Hall–Kier alpha value is -1.26. The maximum absolute atomic E-state index is 12.1. The number of rotatable bonds is 3. The third-order valence-electron chi connectivity index (χ3n) is 3.28. The molecular weight excluding hydrogens is 262 g/mol. The van der Waals surface area contributed by atoms with Gasteiger partial charge in [-0.05, 0) is 31.2 Å². The molecule has 1 aromatic carbocycles. The lowest BCUT2D eigenvalue weighted by molar-refractivity contribution is 0.147. The van der Waals surface area contributed by atoms with Gasteiger partial charge < -0.3 is 10.2 Å². The van der Waals surface area contributed by atoms with E-state index in [9.17, 15) is 4.79 Å². The Kier molecular flexibility index (Phi) is 5.05. The summed E-state index contributed by atoms with van der Waals surface area (Å²) in [5.41, 5.74) is 0.744. The first-order valence-electron chi connectivity index (χ1n) is 6.73. The fraction of sp³-hybridized carbons (Fsp3) is 0.500. The summed E-state index contributed by atoms with van der Waals surface area (Å²) < 4.78 is 0.